The lowest BCUT2D eigenvalue weighted by molar-refractivity contribution is 0.0697. The van der Waals surface area contributed by atoms with Crippen LogP contribution < -0.4 is 10.2 Å². The number of hydrogen-bond acceptors (Lipinski definition) is 3. The maximum absolute atomic E-state index is 11.2. The summed E-state index contributed by atoms with van der Waals surface area (Å²) < 4.78 is 0. The Kier molecular flexibility index (Phi) is 2.73. The Morgan fingerprint density at radius 2 is 2.38 bits per heavy atom. The first-order valence-electron chi connectivity index (χ1n) is 5.52. The highest BCUT2D eigenvalue weighted by Gasteiger charge is 2.26. The SMILES string of the molecule is CCN1c2c(cccc2C(=O)O)NCC1C. The van der Waals surface area contributed by atoms with Gasteiger partial charge >= 0.3 is 5.97 Å². The molecule has 4 heteroatoms. The Bertz CT molecular complexity index is 417. The fraction of sp³-hybridized carbons (Fsp3) is 0.417. The molecule has 1 heterocycles. The van der Waals surface area contributed by atoms with E-state index in [1.165, 1.54) is 0 Å². The Hall–Kier alpha value is -1.71. The minimum atomic E-state index is -0.869. The van der Waals surface area contributed by atoms with Gasteiger partial charge in [0.2, 0.25) is 0 Å². The van der Waals surface area contributed by atoms with Gasteiger partial charge in [0.05, 0.1) is 16.9 Å². The largest absolute Gasteiger partial charge is 0.478 e. The molecule has 86 valence electrons. The zero-order valence-electron chi connectivity index (χ0n) is 9.53. The second-order valence-corrected chi connectivity index (χ2v) is 4.02. The van der Waals surface area contributed by atoms with Crippen LogP contribution in [0, 0.1) is 0 Å². The molecule has 2 rings (SSSR count). The molecular weight excluding hydrogens is 204 g/mol. The summed E-state index contributed by atoms with van der Waals surface area (Å²) in [6.07, 6.45) is 0. The number of nitrogens with one attached hydrogen (secondary N) is 1. The van der Waals surface area contributed by atoms with Gasteiger partial charge in [-0.15, -0.1) is 0 Å². The number of likely N-dealkylation sites (N-methyl/N-ethyl adjacent to an activating group) is 1. The molecular formula is C12H16N2O2. The number of carboxylic acids is 1. The third-order valence-corrected chi connectivity index (χ3v) is 3.01. The first-order chi connectivity index (χ1) is 7.65. The second kappa shape index (κ2) is 4.04. The third kappa shape index (κ3) is 1.60. The van der Waals surface area contributed by atoms with E-state index in [2.05, 4.69) is 17.1 Å². The minimum Gasteiger partial charge on any atom is -0.478 e. The predicted molar refractivity (Wildman–Crippen MR) is 64.4 cm³/mol. The third-order valence-electron chi connectivity index (χ3n) is 3.01. The molecule has 0 fully saturated rings. The number of anilines is 2. The van der Waals surface area contributed by atoms with Crippen molar-refractivity contribution in [3.05, 3.63) is 23.8 Å². The number of para-hydroxylation sites is 1. The summed E-state index contributed by atoms with van der Waals surface area (Å²) >= 11 is 0. The van der Waals surface area contributed by atoms with Crippen molar-refractivity contribution in [3.63, 3.8) is 0 Å². The van der Waals surface area contributed by atoms with Crippen LogP contribution in [0.1, 0.15) is 24.2 Å². The molecule has 1 unspecified atom stereocenters. The van der Waals surface area contributed by atoms with Gasteiger partial charge in [-0.25, -0.2) is 4.79 Å². The van der Waals surface area contributed by atoms with Crippen LogP contribution in [0.15, 0.2) is 18.2 Å². The van der Waals surface area contributed by atoms with Gasteiger partial charge in [0, 0.05) is 19.1 Å². The van der Waals surface area contributed by atoms with E-state index in [1.54, 1.807) is 12.1 Å². The number of benzene rings is 1. The van der Waals surface area contributed by atoms with Crippen molar-refractivity contribution in [3.8, 4) is 0 Å². The number of aromatic carboxylic acids is 1. The summed E-state index contributed by atoms with van der Waals surface area (Å²) in [4.78, 5) is 13.3. The molecule has 1 aliphatic heterocycles. The van der Waals surface area contributed by atoms with E-state index in [4.69, 9.17) is 0 Å². The van der Waals surface area contributed by atoms with Gasteiger partial charge < -0.3 is 15.3 Å². The molecule has 16 heavy (non-hydrogen) atoms. The van der Waals surface area contributed by atoms with Gasteiger partial charge in [-0.1, -0.05) is 6.07 Å². The van der Waals surface area contributed by atoms with Crippen molar-refractivity contribution in [1.29, 1.82) is 0 Å². The normalized spacial score (nSPS) is 18.9. The average Bonchev–Trinajstić information content (AvgIpc) is 2.28. The van der Waals surface area contributed by atoms with Crippen molar-refractivity contribution in [1.82, 2.24) is 0 Å². The van der Waals surface area contributed by atoms with Gasteiger partial charge in [0.25, 0.3) is 0 Å². The average molecular weight is 220 g/mol. The number of carboxylic acid groups (broad SMARTS) is 1. The second-order valence-electron chi connectivity index (χ2n) is 4.02. The molecule has 4 nitrogen and oxygen atoms in total. The van der Waals surface area contributed by atoms with Gasteiger partial charge in [-0.2, -0.15) is 0 Å². The number of rotatable bonds is 2. The zero-order valence-corrected chi connectivity index (χ0v) is 9.53. The number of carbonyl (C=O) groups is 1. The number of hydrogen-bond donors (Lipinski definition) is 2. The highest BCUT2D eigenvalue weighted by molar-refractivity contribution is 5.99. The van der Waals surface area contributed by atoms with Crippen LogP contribution in [0.2, 0.25) is 0 Å². The first kappa shape index (κ1) is 10.8. The van der Waals surface area contributed by atoms with E-state index in [9.17, 15) is 9.90 Å². The van der Waals surface area contributed by atoms with Crippen LogP contribution in [0.25, 0.3) is 0 Å². The Morgan fingerprint density at radius 3 is 3.00 bits per heavy atom. The molecule has 1 aromatic rings. The Balaban J connectivity index is 2.56. The van der Waals surface area contributed by atoms with Crippen LogP contribution in [-0.4, -0.2) is 30.2 Å². The molecule has 0 aromatic heterocycles. The predicted octanol–water partition coefficient (Wildman–Crippen LogP) is 2.03. The molecule has 1 aliphatic rings. The van der Waals surface area contributed by atoms with Crippen molar-refractivity contribution >= 4 is 17.3 Å². The minimum absolute atomic E-state index is 0.318. The summed E-state index contributed by atoms with van der Waals surface area (Å²) in [7, 11) is 0. The highest BCUT2D eigenvalue weighted by atomic mass is 16.4. The van der Waals surface area contributed by atoms with Crippen LogP contribution in [-0.2, 0) is 0 Å². The van der Waals surface area contributed by atoms with E-state index in [0.717, 1.165) is 24.5 Å². The molecule has 2 N–H and O–H groups in total. The Labute approximate surface area is 94.9 Å². The summed E-state index contributed by atoms with van der Waals surface area (Å²) in [6.45, 7) is 5.81. The molecule has 0 spiro atoms. The molecule has 0 saturated heterocycles. The summed E-state index contributed by atoms with van der Waals surface area (Å²) in [6, 6.07) is 5.68. The van der Waals surface area contributed by atoms with Gasteiger partial charge in [0.1, 0.15) is 0 Å². The highest BCUT2D eigenvalue weighted by Crippen LogP contribution is 2.34. The van der Waals surface area contributed by atoms with Crippen molar-refractivity contribution in [2.75, 3.05) is 23.3 Å². The van der Waals surface area contributed by atoms with Crippen LogP contribution in [0.5, 0.6) is 0 Å². The van der Waals surface area contributed by atoms with E-state index in [-0.39, 0.29) is 0 Å². The molecule has 0 bridgehead atoms. The lowest BCUT2D eigenvalue weighted by atomic mass is 10.0. The monoisotopic (exact) mass is 220 g/mol. The molecule has 0 amide bonds. The van der Waals surface area contributed by atoms with Crippen LogP contribution in [0.3, 0.4) is 0 Å². The van der Waals surface area contributed by atoms with Crippen molar-refractivity contribution in [2.24, 2.45) is 0 Å². The quantitative estimate of drug-likeness (QED) is 0.800. The van der Waals surface area contributed by atoms with E-state index >= 15 is 0 Å². The van der Waals surface area contributed by atoms with Crippen LogP contribution >= 0.6 is 0 Å². The maximum Gasteiger partial charge on any atom is 0.337 e. The first-order valence-corrected chi connectivity index (χ1v) is 5.52. The summed E-state index contributed by atoms with van der Waals surface area (Å²) in [5.74, 6) is -0.869. The van der Waals surface area contributed by atoms with E-state index in [0.29, 0.717) is 11.6 Å². The van der Waals surface area contributed by atoms with E-state index < -0.39 is 5.97 Å². The maximum atomic E-state index is 11.2. The fourth-order valence-electron chi connectivity index (χ4n) is 2.23. The number of fused-ring (bicyclic) bond motifs is 1. The molecule has 0 saturated carbocycles. The lowest BCUT2D eigenvalue weighted by Gasteiger charge is -2.37. The molecule has 1 aromatic carbocycles. The van der Waals surface area contributed by atoms with Crippen LogP contribution in [0.4, 0.5) is 11.4 Å². The summed E-state index contributed by atoms with van der Waals surface area (Å²) in [5, 5.41) is 12.5. The molecule has 0 radical (unpaired) electrons. The van der Waals surface area contributed by atoms with Gasteiger partial charge in [-0.3, -0.25) is 0 Å². The van der Waals surface area contributed by atoms with Crippen molar-refractivity contribution in [2.45, 2.75) is 19.9 Å². The molecule has 0 aliphatic carbocycles. The number of nitrogens with zero attached hydrogens (tertiary/aromatic N) is 1. The fourth-order valence-corrected chi connectivity index (χ4v) is 2.23. The smallest absolute Gasteiger partial charge is 0.337 e. The van der Waals surface area contributed by atoms with Crippen molar-refractivity contribution < 1.29 is 9.90 Å². The Morgan fingerprint density at radius 1 is 1.62 bits per heavy atom. The van der Waals surface area contributed by atoms with Gasteiger partial charge in [0.15, 0.2) is 0 Å². The molecule has 1 atom stereocenters. The zero-order chi connectivity index (χ0) is 11.7. The van der Waals surface area contributed by atoms with E-state index in [1.807, 2.05) is 13.0 Å². The topological polar surface area (TPSA) is 52.6 Å². The summed E-state index contributed by atoms with van der Waals surface area (Å²) in [5.41, 5.74) is 2.11. The standard InChI is InChI=1S/C12H16N2O2/c1-3-14-8(2)7-13-10-6-4-5-9(11(10)14)12(15)16/h4-6,8,13H,3,7H2,1-2H3,(H,15,16). The van der Waals surface area contributed by atoms with Gasteiger partial charge in [-0.05, 0) is 26.0 Å². The lowest BCUT2D eigenvalue weighted by Crippen LogP contribution is -2.42.